The molecule has 0 aliphatic carbocycles. The van der Waals surface area contributed by atoms with E-state index in [-0.39, 0.29) is 11.5 Å². The zero-order valence-electron chi connectivity index (χ0n) is 12.0. The number of nitrogens with one attached hydrogen (secondary N) is 1. The van der Waals surface area contributed by atoms with Crippen LogP contribution in [0.2, 0.25) is 0 Å². The Bertz CT molecular complexity index is 565. The number of aromatic nitrogens is 1. The van der Waals surface area contributed by atoms with Crippen molar-refractivity contribution in [3.05, 3.63) is 35.3 Å². The second-order valence-electron chi connectivity index (χ2n) is 5.58. The molecule has 0 fully saturated rings. The molecule has 0 radical (unpaired) electrons. The molecule has 0 saturated heterocycles. The molecule has 0 aromatic carbocycles. The Hall–Kier alpha value is 0.250. The summed E-state index contributed by atoms with van der Waals surface area (Å²) in [6.45, 7) is 9.65. The van der Waals surface area contributed by atoms with E-state index in [2.05, 4.69) is 76.3 Å². The topological polar surface area (TPSA) is 24.9 Å². The predicted molar refractivity (Wildman–Crippen MR) is 96.1 cm³/mol. The average molecular weight is 438 g/mol. The molecule has 0 bridgehead atoms. The van der Waals surface area contributed by atoms with Crippen LogP contribution in [0.4, 0.5) is 0 Å². The van der Waals surface area contributed by atoms with Gasteiger partial charge in [0, 0.05) is 20.1 Å². The molecule has 2 aromatic rings. The van der Waals surface area contributed by atoms with Gasteiger partial charge in [-0.3, -0.25) is 0 Å². The maximum absolute atomic E-state index is 4.85. The highest BCUT2D eigenvalue weighted by atomic mass is 79.9. The van der Waals surface area contributed by atoms with Gasteiger partial charge >= 0.3 is 0 Å². The van der Waals surface area contributed by atoms with Gasteiger partial charge in [0.05, 0.1) is 15.5 Å². The smallest absolute Gasteiger partial charge is 0.115 e. The van der Waals surface area contributed by atoms with Gasteiger partial charge in [0.25, 0.3) is 0 Å². The number of hydrogen-bond donors (Lipinski definition) is 1. The monoisotopic (exact) mass is 436 g/mol. The van der Waals surface area contributed by atoms with Gasteiger partial charge in [0.1, 0.15) is 5.01 Å². The first-order chi connectivity index (χ1) is 9.32. The molecule has 0 amide bonds. The Morgan fingerprint density at radius 2 is 2.05 bits per heavy atom. The van der Waals surface area contributed by atoms with Crippen molar-refractivity contribution in [1.82, 2.24) is 10.3 Å². The van der Waals surface area contributed by atoms with Crippen LogP contribution in [0.25, 0.3) is 0 Å². The van der Waals surface area contributed by atoms with E-state index in [4.69, 9.17) is 4.98 Å². The number of thiazole rings is 1. The standard InChI is InChI=1S/C14H18Br2N2S2/c1-5-17-11(9-6-8(15)12(16)20-9)13-18-10(7-19-13)14(2,3)4/h6-7,11,17H,5H2,1-4H3. The SMILES string of the molecule is CCNC(c1cc(Br)c(Br)s1)c1nc(C(C)(C)C)cs1. The summed E-state index contributed by atoms with van der Waals surface area (Å²) in [6.07, 6.45) is 0. The molecule has 110 valence electrons. The lowest BCUT2D eigenvalue weighted by molar-refractivity contribution is 0.563. The molecule has 0 aliphatic rings. The minimum Gasteiger partial charge on any atom is -0.304 e. The lowest BCUT2D eigenvalue weighted by atomic mass is 9.93. The first kappa shape index (κ1) is 16.6. The average Bonchev–Trinajstić information content (AvgIpc) is 2.94. The van der Waals surface area contributed by atoms with Crippen LogP contribution in [0.3, 0.4) is 0 Å². The van der Waals surface area contributed by atoms with E-state index in [9.17, 15) is 0 Å². The van der Waals surface area contributed by atoms with Crippen LogP contribution < -0.4 is 5.32 Å². The molecule has 2 heterocycles. The third-order valence-corrected chi connectivity index (χ3v) is 7.12. The Morgan fingerprint density at radius 3 is 2.50 bits per heavy atom. The van der Waals surface area contributed by atoms with E-state index in [1.54, 1.807) is 22.7 Å². The highest BCUT2D eigenvalue weighted by Gasteiger charge is 2.23. The fourth-order valence-corrected chi connectivity index (χ4v) is 5.16. The first-order valence-electron chi connectivity index (χ1n) is 6.47. The third-order valence-electron chi connectivity index (χ3n) is 2.89. The van der Waals surface area contributed by atoms with Crippen molar-refractivity contribution in [2.45, 2.75) is 39.2 Å². The molecule has 2 aromatic heterocycles. The first-order valence-corrected chi connectivity index (χ1v) is 9.75. The largest absolute Gasteiger partial charge is 0.304 e. The minimum atomic E-state index is 0.0993. The molecule has 1 atom stereocenters. The number of halogens is 2. The molecule has 0 spiro atoms. The summed E-state index contributed by atoms with van der Waals surface area (Å²) < 4.78 is 2.23. The Kier molecular flexibility index (Phi) is 5.46. The van der Waals surface area contributed by atoms with Crippen LogP contribution in [0.1, 0.15) is 49.3 Å². The van der Waals surface area contributed by atoms with Crippen molar-refractivity contribution in [3.8, 4) is 0 Å². The van der Waals surface area contributed by atoms with Crippen molar-refractivity contribution in [3.63, 3.8) is 0 Å². The molecule has 1 N–H and O–H groups in total. The van der Waals surface area contributed by atoms with Crippen LogP contribution >= 0.6 is 54.5 Å². The van der Waals surface area contributed by atoms with Crippen molar-refractivity contribution < 1.29 is 0 Å². The van der Waals surface area contributed by atoms with Crippen molar-refractivity contribution in [1.29, 1.82) is 0 Å². The fourth-order valence-electron chi connectivity index (χ4n) is 1.78. The highest BCUT2D eigenvalue weighted by Crippen LogP contribution is 2.39. The van der Waals surface area contributed by atoms with Crippen molar-refractivity contribution in [2.75, 3.05) is 6.54 Å². The summed E-state index contributed by atoms with van der Waals surface area (Å²) in [5, 5.41) is 6.85. The summed E-state index contributed by atoms with van der Waals surface area (Å²) in [5.41, 5.74) is 1.26. The molecular weight excluding hydrogens is 420 g/mol. The lowest BCUT2D eigenvalue weighted by Gasteiger charge is -2.16. The van der Waals surface area contributed by atoms with Crippen LogP contribution in [-0.4, -0.2) is 11.5 Å². The lowest BCUT2D eigenvalue weighted by Crippen LogP contribution is -2.21. The Labute approximate surface area is 145 Å². The van der Waals surface area contributed by atoms with Gasteiger partial charge < -0.3 is 5.32 Å². The second kappa shape index (κ2) is 6.57. The van der Waals surface area contributed by atoms with Crippen LogP contribution in [0, 0.1) is 0 Å². The highest BCUT2D eigenvalue weighted by molar-refractivity contribution is 9.13. The molecule has 0 saturated carbocycles. The molecule has 0 aliphatic heterocycles. The van der Waals surface area contributed by atoms with Crippen LogP contribution in [-0.2, 0) is 5.41 Å². The number of rotatable bonds is 4. The van der Waals surface area contributed by atoms with Crippen molar-refractivity contribution >= 4 is 54.5 Å². The third kappa shape index (κ3) is 3.71. The summed E-state index contributed by atoms with van der Waals surface area (Å²) in [6, 6.07) is 2.34. The molecule has 20 heavy (non-hydrogen) atoms. The van der Waals surface area contributed by atoms with E-state index in [1.165, 1.54) is 4.88 Å². The van der Waals surface area contributed by atoms with E-state index in [0.717, 1.165) is 25.5 Å². The van der Waals surface area contributed by atoms with Gasteiger partial charge in [-0.05, 0) is 44.5 Å². The number of thiophene rings is 1. The summed E-state index contributed by atoms with van der Waals surface area (Å²) in [7, 11) is 0. The van der Waals surface area contributed by atoms with Crippen molar-refractivity contribution in [2.24, 2.45) is 0 Å². The summed E-state index contributed by atoms with van der Waals surface area (Å²) in [5.74, 6) is 0. The van der Waals surface area contributed by atoms with E-state index >= 15 is 0 Å². The molecular formula is C14H18Br2N2S2. The summed E-state index contributed by atoms with van der Waals surface area (Å²) in [4.78, 5) is 6.13. The van der Waals surface area contributed by atoms with Crippen LogP contribution in [0.5, 0.6) is 0 Å². The maximum Gasteiger partial charge on any atom is 0.115 e. The molecule has 1 unspecified atom stereocenters. The quantitative estimate of drug-likeness (QED) is 0.660. The summed E-state index contributed by atoms with van der Waals surface area (Å²) >= 11 is 10.6. The van der Waals surface area contributed by atoms with Gasteiger partial charge in [-0.2, -0.15) is 0 Å². The Balaban J connectivity index is 2.36. The zero-order valence-corrected chi connectivity index (χ0v) is 16.8. The van der Waals surface area contributed by atoms with Gasteiger partial charge in [-0.1, -0.05) is 27.7 Å². The fraction of sp³-hybridized carbons (Fsp3) is 0.500. The van der Waals surface area contributed by atoms with Gasteiger partial charge in [-0.25, -0.2) is 4.98 Å². The normalized spacial score (nSPS) is 13.7. The van der Waals surface area contributed by atoms with Gasteiger partial charge in [-0.15, -0.1) is 22.7 Å². The number of nitrogens with zero attached hydrogens (tertiary/aromatic N) is 1. The number of hydrogen-bond acceptors (Lipinski definition) is 4. The Morgan fingerprint density at radius 1 is 1.35 bits per heavy atom. The zero-order chi connectivity index (χ0) is 14.9. The molecule has 6 heteroatoms. The minimum absolute atomic E-state index is 0.0993. The van der Waals surface area contributed by atoms with Gasteiger partial charge in [0.15, 0.2) is 0 Å². The second-order valence-corrected chi connectivity index (χ2v) is 9.73. The van der Waals surface area contributed by atoms with E-state index in [0.29, 0.717) is 0 Å². The molecule has 2 rings (SSSR count). The van der Waals surface area contributed by atoms with E-state index in [1.807, 2.05) is 0 Å². The molecule has 2 nitrogen and oxygen atoms in total. The van der Waals surface area contributed by atoms with Gasteiger partial charge in [0.2, 0.25) is 0 Å². The van der Waals surface area contributed by atoms with E-state index < -0.39 is 0 Å². The maximum atomic E-state index is 4.85. The van der Waals surface area contributed by atoms with Crippen LogP contribution in [0.15, 0.2) is 19.7 Å². The predicted octanol–water partition coefficient (Wildman–Crippen LogP) is 5.73.